The fourth-order valence-electron chi connectivity index (χ4n) is 2.23. The van der Waals surface area contributed by atoms with E-state index in [1.165, 1.54) is 18.2 Å². The quantitative estimate of drug-likeness (QED) is 0.619. The number of alkyl halides is 3. The summed E-state index contributed by atoms with van der Waals surface area (Å²) < 4.78 is 91.6. The van der Waals surface area contributed by atoms with Gasteiger partial charge in [-0.2, -0.15) is 13.2 Å². The first-order valence-corrected chi connectivity index (χ1v) is 11.2. The molecule has 2 aromatic rings. The van der Waals surface area contributed by atoms with E-state index in [2.05, 4.69) is 9.44 Å². The Hall–Kier alpha value is -2.11. The summed E-state index contributed by atoms with van der Waals surface area (Å²) in [5.41, 5.74) is -1.00. The molecule has 0 heterocycles. The molecule has 2 aromatic carbocycles. The van der Waals surface area contributed by atoms with Crippen molar-refractivity contribution < 1.29 is 30.0 Å². The number of benzene rings is 2. The van der Waals surface area contributed by atoms with Crippen LogP contribution in [0.25, 0.3) is 0 Å². The lowest BCUT2D eigenvalue weighted by molar-refractivity contribution is -0.137. The monoisotopic (exact) mass is 436 g/mol. The van der Waals surface area contributed by atoms with Gasteiger partial charge in [-0.05, 0) is 48.9 Å². The molecule has 2 rings (SSSR count). The maximum absolute atomic E-state index is 12.6. The van der Waals surface area contributed by atoms with Crippen molar-refractivity contribution in [1.82, 2.24) is 4.72 Å². The van der Waals surface area contributed by atoms with E-state index in [0.29, 0.717) is 18.6 Å². The molecule has 0 saturated heterocycles. The van der Waals surface area contributed by atoms with Crippen LogP contribution in [0.3, 0.4) is 0 Å². The number of rotatable bonds is 8. The minimum absolute atomic E-state index is 0.0294. The molecule has 11 heteroatoms. The fraction of sp³-hybridized carbons (Fsp3) is 0.294. The van der Waals surface area contributed by atoms with Crippen molar-refractivity contribution in [2.45, 2.75) is 35.7 Å². The molecule has 0 unspecified atom stereocenters. The van der Waals surface area contributed by atoms with Crippen molar-refractivity contribution in [2.24, 2.45) is 0 Å². The summed E-state index contributed by atoms with van der Waals surface area (Å²) in [6.07, 6.45) is -3.13. The van der Waals surface area contributed by atoms with Crippen molar-refractivity contribution in [2.75, 3.05) is 11.3 Å². The Morgan fingerprint density at radius 3 is 2.11 bits per heavy atom. The van der Waals surface area contributed by atoms with Gasteiger partial charge in [0.05, 0.1) is 21.0 Å². The maximum atomic E-state index is 12.6. The number of hydrogen-bond acceptors (Lipinski definition) is 4. The average molecular weight is 436 g/mol. The Morgan fingerprint density at radius 2 is 1.54 bits per heavy atom. The lowest BCUT2D eigenvalue weighted by atomic mass is 10.2. The van der Waals surface area contributed by atoms with Crippen LogP contribution in [-0.2, 0) is 26.2 Å². The predicted molar refractivity (Wildman–Crippen MR) is 98.8 cm³/mol. The zero-order chi connectivity index (χ0) is 21.0. The van der Waals surface area contributed by atoms with Crippen LogP contribution in [-0.4, -0.2) is 23.4 Å². The highest BCUT2D eigenvalue weighted by molar-refractivity contribution is 7.92. The van der Waals surface area contributed by atoms with Crippen LogP contribution >= 0.6 is 0 Å². The molecule has 2 N–H and O–H groups in total. The first-order chi connectivity index (χ1) is 13.0. The van der Waals surface area contributed by atoms with Crippen molar-refractivity contribution >= 4 is 25.7 Å². The number of anilines is 1. The summed E-state index contributed by atoms with van der Waals surface area (Å²) in [4.78, 5) is -0.508. The summed E-state index contributed by atoms with van der Waals surface area (Å²) in [6, 6.07) is 8.13. The zero-order valence-electron chi connectivity index (χ0n) is 14.8. The normalized spacial score (nSPS) is 12.7. The highest BCUT2D eigenvalue weighted by Gasteiger charge is 2.30. The van der Waals surface area contributed by atoms with Gasteiger partial charge in [0, 0.05) is 6.54 Å². The molecule has 0 fully saturated rings. The third-order valence-electron chi connectivity index (χ3n) is 3.71. The van der Waals surface area contributed by atoms with Gasteiger partial charge in [-0.25, -0.2) is 21.6 Å². The fourth-order valence-corrected chi connectivity index (χ4v) is 4.40. The Morgan fingerprint density at radius 1 is 0.893 bits per heavy atom. The molecule has 28 heavy (non-hydrogen) atoms. The molecule has 0 bridgehead atoms. The number of halogens is 3. The summed E-state index contributed by atoms with van der Waals surface area (Å²) in [5.74, 6) is 0. The van der Waals surface area contributed by atoms with E-state index >= 15 is 0 Å². The van der Waals surface area contributed by atoms with E-state index in [-0.39, 0.29) is 22.0 Å². The van der Waals surface area contributed by atoms with Crippen LogP contribution in [0.5, 0.6) is 0 Å². The second-order valence-corrected chi connectivity index (χ2v) is 9.36. The van der Waals surface area contributed by atoms with E-state index in [9.17, 15) is 30.0 Å². The van der Waals surface area contributed by atoms with Gasteiger partial charge in [0.1, 0.15) is 0 Å². The topological polar surface area (TPSA) is 92.3 Å². The van der Waals surface area contributed by atoms with Crippen molar-refractivity contribution in [3.05, 3.63) is 54.1 Å². The molecule has 0 radical (unpaired) electrons. The van der Waals surface area contributed by atoms with Gasteiger partial charge >= 0.3 is 6.18 Å². The van der Waals surface area contributed by atoms with E-state index in [1.807, 2.05) is 6.92 Å². The molecule has 0 amide bonds. The van der Waals surface area contributed by atoms with Crippen molar-refractivity contribution in [1.29, 1.82) is 0 Å². The lowest BCUT2D eigenvalue weighted by Gasteiger charge is -2.12. The highest BCUT2D eigenvalue weighted by Crippen LogP contribution is 2.30. The number of nitrogens with one attached hydrogen (secondary N) is 2. The molecule has 6 nitrogen and oxygen atoms in total. The van der Waals surface area contributed by atoms with E-state index < -0.39 is 31.8 Å². The average Bonchev–Trinajstić information content (AvgIpc) is 2.61. The first kappa shape index (κ1) is 22.2. The minimum Gasteiger partial charge on any atom is -0.280 e. The van der Waals surface area contributed by atoms with Gasteiger partial charge in [-0.15, -0.1) is 0 Å². The SMILES string of the molecule is CCCCNS(=O)(=O)c1cccc(NS(=O)(=O)c2ccc(C(F)(F)F)cc2)c1. The first-order valence-electron chi connectivity index (χ1n) is 8.25. The van der Waals surface area contributed by atoms with Gasteiger partial charge in [0.2, 0.25) is 10.0 Å². The highest BCUT2D eigenvalue weighted by atomic mass is 32.2. The Balaban J connectivity index is 2.23. The minimum atomic E-state index is -4.58. The van der Waals surface area contributed by atoms with Crippen LogP contribution in [0.2, 0.25) is 0 Å². The predicted octanol–water partition coefficient (Wildman–Crippen LogP) is 3.58. The standard InChI is InChI=1S/C17H19F3N2O4S2/c1-2-3-11-21-27(23,24)16-6-4-5-14(12-16)22-28(25,26)15-9-7-13(8-10-15)17(18,19)20/h4-10,12,21-22H,2-3,11H2,1H3. The summed E-state index contributed by atoms with van der Waals surface area (Å²) in [6.45, 7) is 2.16. The number of unbranched alkanes of at least 4 members (excludes halogenated alkanes) is 1. The summed E-state index contributed by atoms with van der Waals surface area (Å²) >= 11 is 0. The molecule has 0 aromatic heterocycles. The molecule has 0 atom stereocenters. The van der Waals surface area contributed by atoms with Crippen molar-refractivity contribution in [3.8, 4) is 0 Å². The van der Waals surface area contributed by atoms with Gasteiger partial charge in [0.15, 0.2) is 0 Å². The smallest absolute Gasteiger partial charge is 0.280 e. The van der Waals surface area contributed by atoms with Gasteiger partial charge in [-0.3, -0.25) is 4.72 Å². The largest absolute Gasteiger partial charge is 0.416 e. The van der Waals surface area contributed by atoms with Crippen LogP contribution in [0.15, 0.2) is 58.3 Å². The maximum Gasteiger partial charge on any atom is 0.416 e. The molecule has 0 spiro atoms. The number of sulfonamides is 2. The van der Waals surface area contributed by atoms with Gasteiger partial charge in [0.25, 0.3) is 10.0 Å². The van der Waals surface area contributed by atoms with Crippen LogP contribution in [0.4, 0.5) is 18.9 Å². The van der Waals surface area contributed by atoms with Gasteiger partial charge in [-0.1, -0.05) is 19.4 Å². The second-order valence-electron chi connectivity index (χ2n) is 5.91. The lowest BCUT2D eigenvalue weighted by Crippen LogP contribution is -2.24. The summed E-state index contributed by atoms with van der Waals surface area (Å²) in [7, 11) is -8.00. The third-order valence-corrected chi connectivity index (χ3v) is 6.57. The van der Waals surface area contributed by atoms with E-state index in [1.54, 1.807) is 0 Å². The molecular weight excluding hydrogens is 417 g/mol. The second kappa shape index (κ2) is 8.50. The van der Waals surface area contributed by atoms with Crippen LogP contribution in [0.1, 0.15) is 25.3 Å². The van der Waals surface area contributed by atoms with Crippen molar-refractivity contribution in [3.63, 3.8) is 0 Å². The summed E-state index contributed by atoms with van der Waals surface area (Å²) in [5, 5.41) is 0. The Kier molecular flexibility index (Phi) is 6.73. The zero-order valence-corrected chi connectivity index (χ0v) is 16.5. The van der Waals surface area contributed by atoms with E-state index in [0.717, 1.165) is 24.6 Å². The van der Waals surface area contributed by atoms with Crippen LogP contribution < -0.4 is 9.44 Å². The molecular formula is C17H19F3N2O4S2. The Bertz CT molecular complexity index is 1020. The van der Waals surface area contributed by atoms with Gasteiger partial charge < -0.3 is 0 Å². The molecule has 0 aliphatic heterocycles. The Labute approximate surface area is 161 Å². The van der Waals surface area contributed by atoms with Crippen LogP contribution in [0, 0.1) is 0 Å². The molecule has 0 aliphatic rings. The molecule has 0 saturated carbocycles. The number of hydrogen-bond donors (Lipinski definition) is 2. The molecule has 154 valence electrons. The third kappa shape index (κ3) is 5.69. The molecule has 0 aliphatic carbocycles. The van der Waals surface area contributed by atoms with E-state index in [4.69, 9.17) is 0 Å².